The van der Waals surface area contributed by atoms with Crippen LogP contribution in [0.4, 0.5) is 0 Å². The van der Waals surface area contributed by atoms with E-state index in [2.05, 4.69) is 24.1 Å². The number of aromatic nitrogens is 1. The Morgan fingerprint density at radius 3 is 2.76 bits per heavy atom. The van der Waals surface area contributed by atoms with Gasteiger partial charge in [0.1, 0.15) is 0 Å². The number of amides is 1. The third kappa shape index (κ3) is 3.77. The zero-order chi connectivity index (χ0) is 29.7. The Kier molecular flexibility index (Phi) is 6.02. The molecular formula is C34H38N2O6. The number of nitrogens with zero attached hydrogens (tertiary/aromatic N) is 1. The number of fused-ring (bicyclic) bond motifs is 8. The molecule has 5 aliphatic rings. The maximum absolute atomic E-state index is 14.4. The van der Waals surface area contributed by atoms with Crippen molar-refractivity contribution in [2.45, 2.75) is 77.0 Å². The largest absolute Gasteiger partial charge is 0.393 e. The molecule has 7 rings (SSSR count). The topological polar surface area (TPSA) is 115 Å². The van der Waals surface area contributed by atoms with Crippen molar-refractivity contribution in [3.63, 3.8) is 0 Å². The maximum Gasteiger partial charge on any atom is 0.253 e. The molecule has 0 spiro atoms. The highest BCUT2D eigenvalue weighted by Gasteiger charge is 2.76. The smallest absolute Gasteiger partial charge is 0.253 e. The van der Waals surface area contributed by atoms with Gasteiger partial charge in [-0.3, -0.25) is 19.4 Å². The lowest BCUT2D eigenvalue weighted by Crippen LogP contribution is -2.64. The molecule has 1 aromatic carbocycles. The average Bonchev–Trinajstić information content (AvgIpc) is 3.36. The van der Waals surface area contributed by atoms with E-state index in [1.807, 2.05) is 44.2 Å². The number of pyridine rings is 1. The van der Waals surface area contributed by atoms with Crippen LogP contribution in [0.2, 0.25) is 0 Å². The lowest BCUT2D eigenvalue weighted by Gasteiger charge is -2.60. The van der Waals surface area contributed by atoms with Crippen molar-refractivity contribution in [2.75, 3.05) is 6.54 Å². The molecule has 3 saturated carbocycles. The van der Waals surface area contributed by atoms with Crippen LogP contribution in [0.25, 0.3) is 10.9 Å². The summed E-state index contributed by atoms with van der Waals surface area (Å²) in [6.07, 6.45) is 8.30. The fourth-order valence-corrected chi connectivity index (χ4v) is 9.51. The lowest BCUT2D eigenvalue weighted by molar-refractivity contribution is -0.224. The molecule has 0 bridgehead atoms. The van der Waals surface area contributed by atoms with Gasteiger partial charge < -0.3 is 19.9 Å². The molecule has 0 radical (unpaired) electrons. The number of para-hydroxylation sites is 1. The first-order valence-electron chi connectivity index (χ1n) is 15.0. The van der Waals surface area contributed by atoms with Gasteiger partial charge in [0.25, 0.3) is 5.91 Å². The number of nitrogens with one attached hydrogen (secondary N) is 1. The summed E-state index contributed by atoms with van der Waals surface area (Å²) in [5.41, 5.74) is -0.164. The standard InChI is InChI=1S/C34H38N2O6/c1-31(2)41-28-15-24-23-10-9-21-14-22(37)11-12-32(21,3)29(23)26(38)16-33(24,4)34(28,42-31)27(39)18-36-30(40)20-13-19-7-5-6-8-25(19)35-17-20/h5-8,11-14,17,23-24,26,28-29,38H,9-10,15-16,18H2,1-4H3,(H,36,40)/t23?,24?,26-,28+,29?,32?,33?,34-/m0/s1. The van der Waals surface area contributed by atoms with Crippen molar-refractivity contribution in [1.29, 1.82) is 0 Å². The number of carbonyl (C=O) groups is 3. The Morgan fingerprint density at radius 1 is 1.17 bits per heavy atom. The predicted molar refractivity (Wildman–Crippen MR) is 155 cm³/mol. The van der Waals surface area contributed by atoms with Gasteiger partial charge in [-0.05, 0) is 75.7 Å². The summed E-state index contributed by atoms with van der Waals surface area (Å²) < 4.78 is 13.1. The van der Waals surface area contributed by atoms with Crippen LogP contribution in [0, 0.1) is 28.6 Å². The zero-order valence-corrected chi connectivity index (χ0v) is 24.6. The Bertz CT molecular complexity index is 1580. The van der Waals surface area contributed by atoms with E-state index in [9.17, 15) is 19.5 Å². The molecule has 220 valence electrons. The molecule has 42 heavy (non-hydrogen) atoms. The van der Waals surface area contributed by atoms with E-state index in [0.29, 0.717) is 18.4 Å². The van der Waals surface area contributed by atoms with Crippen molar-refractivity contribution < 1.29 is 29.0 Å². The average molecular weight is 571 g/mol. The number of hydrogen-bond acceptors (Lipinski definition) is 7. The number of ether oxygens (including phenoxy) is 2. The van der Waals surface area contributed by atoms with Gasteiger partial charge in [0.15, 0.2) is 23.0 Å². The number of Topliss-reactive ketones (excluding diaryl/α,β-unsaturated/α-hetero) is 1. The Hall–Kier alpha value is -3.20. The number of rotatable bonds is 4. The van der Waals surface area contributed by atoms with E-state index in [1.165, 1.54) is 6.20 Å². The summed E-state index contributed by atoms with van der Waals surface area (Å²) in [6.45, 7) is 7.63. The van der Waals surface area contributed by atoms with E-state index in [4.69, 9.17) is 9.47 Å². The highest BCUT2D eigenvalue weighted by Crippen LogP contribution is 2.70. The van der Waals surface area contributed by atoms with Crippen molar-refractivity contribution in [1.82, 2.24) is 10.3 Å². The minimum absolute atomic E-state index is 0.00144. The Morgan fingerprint density at radius 2 is 1.95 bits per heavy atom. The van der Waals surface area contributed by atoms with Gasteiger partial charge in [-0.25, -0.2) is 0 Å². The molecule has 1 saturated heterocycles. The molecule has 8 atom stereocenters. The fourth-order valence-electron chi connectivity index (χ4n) is 9.51. The number of aliphatic hydroxyl groups is 1. The minimum Gasteiger partial charge on any atom is -0.393 e. The van der Waals surface area contributed by atoms with E-state index in [-0.39, 0.29) is 41.8 Å². The first-order chi connectivity index (χ1) is 19.9. The van der Waals surface area contributed by atoms with E-state index in [0.717, 1.165) is 29.3 Å². The zero-order valence-electron chi connectivity index (χ0n) is 24.6. The monoisotopic (exact) mass is 570 g/mol. The van der Waals surface area contributed by atoms with E-state index in [1.54, 1.807) is 18.2 Å². The van der Waals surface area contributed by atoms with Crippen LogP contribution in [0.3, 0.4) is 0 Å². The quantitative estimate of drug-likeness (QED) is 0.563. The van der Waals surface area contributed by atoms with Gasteiger partial charge in [0, 0.05) is 28.3 Å². The number of allylic oxidation sites excluding steroid dienone is 4. The first kappa shape index (κ1) is 27.6. The second-order valence-corrected chi connectivity index (χ2v) is 13.8. The second-order valence-electron chi connectivity index (χ2n) is 13.8. The van der Waals surface area contributed by atoms with Crippen molar-refractivity contribution in [3.8, 4) is 0 Å². The minimum atomic E-state index is -1.31. The summed E-state index contributed by atoms with van der Waals surface area (Å²) >= 11 is 0. The molecule has 8 nitrogen and oxygen atoms in total. The number of ketones is 2. The summed E-state index contributed by atoms with van der Waals surface area (Å²) in [6, 6.07) is 9.33. The van der Waals surface area contributed by atoms with Crippen LogP contribution in [0.15, 0.2) is 60.3 Å². The molecule has 2 heterocycles. The molecule has 8 heteroatoms. The highest BCUT2D eigenvalue weighted by atomic mass is 16.8. The van der Waals surface area contributed by atoms with Crippen LogP contribution < -0.4 is 5.32 Å². The molecular weight excluding hydrogens is 532 g/mol. The van der Waals surface area contributed by atoms with E-state index < -0.39 is 34.4 Å². The third-order valence-corrected chi connectivity index (χ3v) is 11.2. The van der Waals surface area contributed by atoms with Crippen LogP contribution in [0.1, 0.15) is 63.7 Å². The third-order valence-electron chi connectivity index (χ3n) is 11.2. The number of carbonyl (C=O) groups excluding carboxylic acids is 3. The molecule has 1 aliphatic heterocycles. The van der Waals surface area contributed by atoms with E-state index >= 15 is 0 Å². The number of benzene rings is 1. The van der Waals surface area contributed by atoms with Crippen LogP contribution >= 0.6 is 0 Å². The van der Waals surface area contributed by atoms with Gasteiger partial charge >= 0.3 is 0 Å². The molecule has 1 aromatic heterocycles. The van der Waals surface area contributed by atoms with Gasteiger partial charge in [0.05, 0.1) is 29.8 Å². The van der Waals surface area contributed by atoms with Gasteiger partial charge in [-0.1, -0.05) is 43.7 Å². The van der Waals surface area contributed by atoms with Gasteiger partial charge in [0.2, 0.25) is 0 Å². The molecule has 4 aliphatic carbocycles. The van der Waals surface area contributed by atoms with Crippen LogP contribution in [0.5, 0.6) is 0 Å². The molecule has 2 N–H and O–H groups in total. The van der Waals surface area contributed by atoms with Crippen molar-refractivity contribution >= 4 is 28.4 Å². The second kappa shape index (κ2) is 9.15. The summed E-state index contributed by atoms with van der Waals surface area (Å²) in [5.74, 6) is -1.47. The molecule has 5 unspecified atom stereocenters. The fraction of sp³-hybridized carbons (Fsp3) is 0.529. The van der Waals surface area contributed by atoms with Crippen molar-refractivity contribution in [3.05, 3.63) is 65.9 Å². The Balaban J connectivity index is 1.19. The van der Waals surface area contributed by atoms with Crippen LogP contribution in [-0.2, 0) is 19.1 Å². The van der Waals surface area contributed by atoms with Crippen LogP contribution in [-0.4, -0.2) is 57.7 Å². The molecule has 4 fully saturated rings. The molecule has 2 aromatic rings. The summed E-state index contributed by atoms with van der Waals surface area (Å²) in [7, 11) is 0. The number of hydrogen-bond donors (Lipinski definition) is 2. The lowest BCUT2D eigenvalue weighted by atomic mass is 9.46. The molecule has 1 amide bonds. The normalized spacial score (nSPS) is 39.6. The first-order valence-corrected chi connectivity index (χ1v) is 15.0. The summed E-state index contributed by atoms with van der Waals surface area (Å²) in [5, 5.41) is 15.5. The highest BCUT2D eigenvalue weighted by molar-refractivity contribution is 6.02. The SMILES string of the molecule is CC1(C)O[C@@H]2CC3C4CCC5=CC(=O)C=CC5(C)C4[C@@H](O)CC3(C)[C@@]2(C(=O)CNC(=O)c2cnc3ccccc3c2)O1. The van der Waals surface area contributed by atoms with Crippen molar-refractivity contribution in [2.24, 2.45) is 28.6 Å². The maximum atomic E-state index is 14.4. The summed E-state index contributed by atoms with van der Waals surface area (Å²) in [4.78, 5) is 44.1. The Labute approximate surface area is 245 Å². The van der Waals surface area contributed by atoms with Gasteiger partial charge in [-0.15, -0.1) is 0 Å². The van der Waals surface area contributed by atoms with Gasteiger partial charge in [-0.2, -0.15) is 0 Å². The predicted octanol–water partition coefficient (Wildman–Crippen LogP) is 4.31. The number of aliphatic hydroxyl groups excluding tert-OH is 1.